The third-order valence-corrected chi connectivity index (χ3v) is 4.43. The summed E-state index contributed by atoms with van der Waals surface area (Å²) in [4.78, 5) is 26.5. The minimum Gasteiger partial charge on any atom is -0.355 e. The number of hydrogen-bond donors (Lipinski definition) is 3. The van der Waals surface area contributed by atoms with Crippen LogP contribution < -0.4 is 16.4 Å². The largest absolute Gasteiger partial charge is 0.355 e. The maximum Gasteiger partial charge on any atom is 0.238 e. The number of nitrogens with one attached hydrogen (secondary N) is 2. The molecule has 6 nitrogen and oxygen atoms in total. The minimum atomic E-state index is -0.0571. The van der Waals surface area contributed by atoms with Crippen LogP contribution in [0.3, 0.4) is 0 Å². The van der Waals surface area contributed by atoms with Gasteiger partial charge in [-0.15, -0.1) is 0 Å². The number of likely N-dealkylation sites (tertiary alicyclic amines) is 1. The second-order valence-electron chi connectivity index (χ2n) is 6.47. The first kappa shape index (κ1) is 18.4. The number of rotatable bonds is 6. The summed E-state index contributed by atoms with van der Waals surface area (Å²) < 4.78 is 0. The van der Waals surface area contributed by atoms with Crippen molar-refractivity contribution in [3.05, 3.63) is 29.3 Å². The molecule has 0 radical (unpaired) electrons. The van der Waals surface area contributed by atoms with E-state index in [1.54, 1.807) is 0 Å². The summed E-state index contributed by atoms with van der Waals surface area (Å²) in [6.07, 6.45) is 1.79. The summed E-state index contributed by atoms with van der Waals surface area (Å²) in [6, 6.07) is 5.96. The summed E-state index contributed by atoms with van der Waals surface area (Å²) >= 11 is 0. The number of para-hydroxylation sites is 1. The summed E-state index contributed by atoms with van der Waals surface area (Å²) in [6.45, 7) is 6.71. The number of amides is 2. The Morgan fingerprint density at radius 3 is 2.67 bits per heavy atom. The maximum atomic E-state index is 12.4. The summed E-state index contributed by atoms with van der Waals surface area (Å²) in [5.41, 5.74) is 8.42. The van der Waals surface area contributed by atoms with E-state index < -0.39 is 0 Å². The second kappa shape index (κ2) is 8.80. The van der Waals surface area contributed by atoms with Crippen LogP contribution in [-0.2, 0) is 9.59 Å². The Kier molecular flexibility index (Phi) is 6.75. The van der Waals surface area contributed by atoms with Crippen molar-refractivity contribution < 1.29 is 9.59 Å². The van der Waals surface area contributed by atoms with Crippen LogP contribution >= 0.6 is 0 Å². The molecule has 1 aromatic carbocycles. The van der Waals surface area contributed by atoms with E-state index in [0.29, 0.717) is 26.2 Å². The second-order valence-corrected chi connectivity index (χ2v) is 6.47. The van der Waals surface area contributed by atoms with E-state index in [-0.39, 0.29) is 17.7 Å². The zero-order valence-electron chi connectivity index (χ0n) is 14.6. The molecule has 0 aromatic heterocycles. The maximum absolute atomic E-state index is 12.4. The van der Waals surface area contributed by atoms with Crippen molar-refractivity contribution in [3.63, 3.8) is 0 Å². The predicted octanol–water partition coefficient (Wildman–Crippen LogP) is 1.03. The molecule has 1 saturated heterocycles. The van der Waals surface area contributed by atoms with Gasteiger partial charge >= 0.3 is 0 Å². The molecular formula is C18H28N4O2. The van der Waals surface area contributed by atoms with Crippen LogP contribution in [-0.4, -0.2) is 49.4 Å². The van der Waals surface area contributed by atoms with Crippen molar-refractivity contribution in [2.24, 2.45) is 11.7 Å². The van der Waals surface area contributed by atoms with Gasteiger partial charge in [0.1, 0.15) is 0 Å². The number of carbonyl (C=O) groups excluding carboxylic acids is 2. The molecule has 4 N–H and O–H groups in total. The highest BCUT2D eigenvalue weighted by Gasteiger charge is 2.26. The SMILES string of the molecule is Cc1cccc(C)c1NC(=O)CN1CCCC(C(=O)NCCN)C1. The van der Waals surface area contributed by atoms with Gasteiger partial charge in [-0.2, -0.15) is 0 Å². The number of hydrogen-bond acceptors (Lipinski definition) is 4. The molecule has 1 fully saturated rings. The molecule has 0 spiro atoms. The van der Waals surface area contributed by atoms with Gasteiger partial charge in [-0.05, 0) is 44.4 Å². The third kappa shape index (κ3) is 5.04. The zero-order valence-corrected chi connectivity index (χ0v) is 14.6. The van der Waals surface area contributed by atoms with Crippen LogP contribution in [0.2, 0.25) is 0 Å². The van der Waals surface area contributed by atoms with Crippen LogP contribution in [0.1, 0.15) is 24.0 Å². The lowest BCUT2D eigenvalue weighted by Gasteiger charge is -2.31. The smallest absolute Gasteiger partial charge is 0.238 e. The molecule has 0 bridgehead atoms. The lowest BCUT2D eigenvalue weighted by atomic mass is 9.97. The van der Waals surface area contributed by atoms with Gasteiger partial charge in [0.15, 0.2) is 0 Å². The molecule has 24 heavy (non-hydrogen) atoms. The number of carbonyl (C=O) groups is 2. The molecular weight excluding hydrogens is 304 g/mol. The number of piperidine rings is 1. The molecule has 132 valence electrons. The summed E-state index contributed by atoms with van der Waals surface area (Å²) in [7, 11) is 0. The van der Waals surface area contributed by atoms with Crippen molar-refractivity contribution >= 4 is 17.5 Å². The Morgan fingerprint density at radius 2 is 2.00 bits per heavy atom. The third-order valence-electron chi connectivity index (χ3n) is 4.43. The molecule has 1 atom stereocenters. The molecule has 2 amide bonds. The molecule has 1 aliphatic rings. The number of benzene rings is 1. The van der Waals surface area contributed by atoms with Crippen molar-refractivity contribution in [2.75, 3.05) is 38.0 Å². The van der Waals surface area contributed by atoms with Gasteiger partial charge in [0, 0.05) is 25.3 Å². The molecule has 0 saturated carbocycles. The quantitative estimate of drug-likeness (QED) is 0.726. The molecule has 1 aromatic rings. The highest BCUT2D eigenvalue weighted by atomic mass is 16.2. The Morgan fingerprint density at radius 1 is 1.29 bits per heavy atom. The monoisotopic (exact) mass is 332 g/mol. The fraction of sp³-hybridized carbons (Fsp3) is 0.556. The fourth-order valence-corrected chi connectivity index (χ4v) is 3.15. The number of aryl methyl sites for hydroxylation is 2. The van der Waals surface area contributed by atoms with Crippen molar-refractivity contribution in [1.29, 1.82) is 0 Å². The molecule has 2 rings (SSSR count). The lowest BCUT2D eigenvalue weighted by Crippen LogP contribution is -2.46. The number of nitrogens with two attached hydrogens (primary N) is 1. The normalized spacial score (nSPS) is 18.2. The van der Waals surface area contributed by atoms with Crippen LogP contribution in [0.5, 0.6) is 0 Å². The van der Waals surface area contributed by atoms with Gasteiger partial charge in [0.05, 0.1) is 12.5 Å². The summed E-state index contributed by atoms with van der Waals surface area (Å²) in [5.74, 6) is -0.0472. The number of anilines is 1. The standard InChI is InChI=1S/C18H28N4O2/c1-13-5-3-6-14(2)17(13)21-16(23)12-22-10-4-7-15(11-22)18(24)20-9-8-19/h3,5-6,15H,4,7-12,19H2,1-2H3,(H,20,24)(H,21,23). The Labute approximate surface area is 143 Å². The lowest BCUT2D eigenvalue weighted by molar-refractivity contribution is -0.127. The predicted molar refractivity (Wildman–Crippen MR) is 95.8 cm³/mol. The number of nitrogens with zero attached hydrogens (tertiary/aromatic N) is 1. The average Bonchev–Trinajstić information content (AvgIpc) is 2.56. The first-order valence-corrected chi connectivity index (χ1v) is 8.57. The first-order valence-electron chi connectivity index (χ1n) is 8.57. The fourth-order valence-electron chi connectivity index (χ4n) is 3.15. The molecule has 1 unspecified atom stereocenters. The first-order chi connectivity index (χ1) is 11.5. The zero-order chi connectivity index (χ0) is 17.5. The summed E-state index contributed by atoms with van der Waals surface area (Å²) in [5, 5.41) is 5.85. The van der Waals surface area contributed by atoms with Crippen molar-refractivity contribution in [1.82, 2.24) is 10.2 Å². The van der Waals surface area contributed by atoms with E-state index in [1.807, 2.05) is 32.0 Å². The van der Waals surface area contributed by atoms with Crippen LogP contribution in [0, 0.1) is 19.8 Å². The van der Waals surface area contributed by atoms with Gasteiger partial charge in [0.25, 0.3) is 0 Å². The topological polar surface area (TPSA) is 87.5 Å². The van der Waals surface area contributed by atoms with Crippen molar-refractivity contribution in [3.8, 4) is 0 Å². The van der Waals surface area contributed by atoms with E-state index in [2.05, 4.69) is 15.5 Å². The van der Waals surface area contributed by atoms with E-state index in [9.17, 15) is 9.59 Å². The van der Waals surface area contributed by atoms with E-state index in [0.717, 1.165) is 36.2 Å². The van der Waals surface area contributed by atoms with E-state index >= 15 is 0 Å². The molecule has 1 aliphatic heterocycles. The van der Waals surface area contributed by atoms with E-state index in [4.69, 9.17) is 5.73 Å². The van der Waals surface area contributed by atoms with Gasteiger partial charge in [0.2, 0.25) is 11.8 Å². The van der Waals surface area contributed by atoms with Gasteiger partial charge in [-0.3, -0.25) is 14.5 Å². The van der Waals surface area contributed by atoms with Gasteiger partial charge in [-0.1, -0.05) is 18.2 Å². The highest BCUT2D eigenvalue weighted by Crippen LogP contribution is 2.20. The van der Waals surface area contributed by atoms with Crippen LogP contribution in [0.15, 0.2) is 18.2 Å². The Balaban J connectivity index is 1.88. The Hall–Kier alpha value is -1.92. The minimum absolute atomic E-state index is 0.0320. The van der Waals surface area contributed by atoms with Crippen LogP contribution in [0.4, 0.5) is 5.69 Å². The Bertz CT molecular complexity index is 568. The molecule has 0 aliphatic carbocycles. The van der Waals surface area contributed by atoms with Gasteiger partial charge < -0.3 is 16.4 Å². The van der Waals surface area contributed by atoms with E-state index in [1.165, 1.54) is 0 Å². The van der Waals surface area contributed by atoms with Crippen LogP contribution in [0.25, 0.3) is 0 Å². The molecule has 6 heteroatoms. The van der Waals surface area contributed by atoms with Gasteiger partial charge in [-0.25, -0.2) is 0 Å². The van der Waals surface area contributed by atoms with Crippen molar-refractivity contribution in [2.45, 2.75) is 26.7 Å². The average molecular weight is 332 g/mol. The molecule has 1 heterocycles. The highest BCUT2D eigenvalue weighted by molar-refractivity contribution is 5.93.